The number of methoxy groups -OCH3 is 3. The zero-order chi connectivity index (χ0) is 19.1. The summed E-state index contributed by atoms with van der Waals surface area (Å²) >= 11 is 0. The van der Waals surface area contributed by atoms with Gasteiger partial charge < -0.3 is 19.1 Å². The minimum Gasteiger partial charge on any atom is -0.493 e. The number of nitrogens with zero attached hydrogens (tertiary/aromatic N) is 1. The summed E-state index contributed by atoms with van der Waals surface area (Å²) in [5.74, 6) is 1.65. The zero-order valence-corrected chi connectivity index (χ0v) is 16.2. The van der Waals surface area contributed by atoms with Crippen molar-refractivity contribution in [2.75, 3.05) is 28.4 Å². The van der Waals surface area contributed by atoms with Crippen molar-refractivity contribution in [3.8, 4) is 17.2 Å². The number of ether oxygens (including phenoxy) is 3. The van der Waals surface area contributed by atoms with E-state index in [0.717, 1.165) is 17.5 Å². The SMILES string of the molecule is CCc1ccc(CN(C)C(=O)Cc2cc(OC)c(OC)c(OC)c2)cc1. The summed E-state index contributed by atoms with van der Waals surface area (Å²) in [6, 6.07) is 12.0. The molecule has 26 heavy (non-hydrogen) atoms. The van der Waals surface area contributed by atoms with Crippen molar-refractivity contribution in [1.29, 1.82) is 0 Å². The maximum atomic E-state index is 12.6. The Bertz CT molecular complexity index is 715. The number of benzene rings is 2. The molecule has 0 fully saturated rings. The lowest BCUT2D eigenvalue weighted by Gasteiger charge is -2.19. The van der Waals surface area contributed by atoms with Crippen LogP contribution >= 0.6 is 0 Å². The summed E-state index contributed by atoms with van der Waals surface area (Å²) in [4.78, 5) is 14.3. The quantitative estimate of drug-likeness (QED) is 0.726. The normalized spacial score (nSPS) is 10.3. The molecule has 0 aliphatic rings. The van der Waals surface area contributed by atoms with Gasteiger partial charge in [-0.1, -0.05) is 31.2 Å². The van der Waals surface area contributed by atoms with E-state index in [1.54, 1.807) is 26.2 Å². The van der Waals surface area contributed by atoms with Gasteiger partial charge in [0.2, 0.25) is 11.7 Å². The third kappa shape index (κ3) is 4.69. The van der Waals surface area contributed by atoms with Crippen LogP contribution in [0.2, 0.25) is 0 Å². The molecule has 0 aromatic heterocycles. The lowest BCUT2D eigenvalue weighted by Crippen LogP contribution is -2.27. The maximum absolute atomic E-state index is 12.6. The van der Waals surface area contributed by atoms with Crippen LogP contribution in [0.25, 0.3) is 0 Å². The smallest absolute Gasteiger partial charge is 0.227 e. The van der Waals surface area contributed by atoms with Gasteiger partial charge in [0.25, 0.3) is 0 Å². The van der Waals surface area contributed by atoms with Gasteiger partial charge in [-0.3, -0.25) is 4.79 Å². The van der Waals surface area contributed by atoms with E-state index in [0.29, 0.717) is 23.8 Å². The predicted octanol–water partition coefficient (Wildman–Crippen LogP) is 3.48. The lowest BCUT2D eigenvalue weighted by atomic mass is 10.1. The molecule has 0 N–H and O–H groups in total. The molecule has 5 heteroatoms. The van der Waals surface area contributed by atoms with Crippen LogP contribution in [0.4, 0.5) is 0 Å². The summed E-state index contributed by atoms with van der Waals surface area (Å²) in [7, 11) is 6.50. The maximum Gasteiger partial charge on any atom is 0.227 e. The van der Waals surface area contributed by atoms with Gasteiger partial charge >= 0.3 is 0 Å². The molecule has 2 aromatic carbocycles. The van der Waals surface area contributed by atoms with Crippen molar-refractivity contribution in [1.82, 2.24) is 4.90 Å². The molecule has 0 bridgehead atoms. The Kier molecular flexibility index (Phi) is 6.89. The standard InChI is InChI=1S/C21H27NO4/c1-6-15-7-9-16(10-8-15)14-22(2)20(23)13-17-11-18(24-3)21(26-5)19(12-17)25-4/h7-12H,6,13-14H2,1-5H3. The molecule has 0 radical (unpaired) electrons. The van der Waals surface area contributed by atoms with E-state index in [4.69, 9.17) is 14.2 Å². The third-order valence-corrected chi connectivity index (χ3v) is 4.36. The first-order valence-corrected chi connectivity index (χ1v) is 8.63. The highest BCUT2D eigenvalue weighted by Gasteiger charge is 2.16. The van der Waals surface area contributed by atoms with Crippen molar-refractivity contribution in [2.45, 2.75) is 26.3 Å². The molecule has 0 saturated heterocycles. The molecule has 2 aromatic rings. The van der Waals surface area contributed by atoms with Gasteiger partial charge in [-0.25, -0.2) is 0 Å². The van der Waals surface area contributed by atoms with Crippen molar-refractivity contribution < 1.29 is 19.0 Å². The first-order valence-electron chi connectivity index (χ1n) is 8.63. The molecule has 2 rings (SSSR count). The Hall–Kier alpha value is -2.69. The Morgan fingerprint density at radius 2 is 1.42 bits per heavy atom. The van der Waals surface area contributed by atoms with E-state index in [1.807, 2.05) is 19.2 Å². The number of aryl methyl sites for hydroxylation is 1. The van der Waals surface area contributed by atoms with Crippen LogP contribution in [-0.2, 0) is 24.2 Å². The van der Waals surface area contributed by atoms with E-state index in [2.05, 4.69) is 31.2 Å². The molecule has 0 atom stereocenters. The molecule has 5 nitrogen and oxygen atoms in total. The number of carbonyl (C=O) groups is 1. The minimum absolute atomic E-state index is 0.0267. The van der Waals surface area contributed by atoms with Gasteiger partial charge in [0.1, 0.15) is 0 Å². The van der Waals surface area contributed by atoms with Crippen LogP contribution in [0.15, 0.2) is 36.4 Å². The van der Waals surface area contributed by atoms with Crippen molar-refractivity contribution in [3.05, 3.63) is 53.1 Å². The monoisotopic (exact) mass is 357 g/mol. The first kappa shape index (κ1) is 19.6. The number of hydrogen-bond donors (Lipinski definition) is 0. The van der Waals surface area contributed by atoms with Crippen LogP contribution in [0.1, 0.15) is 23.6 Å². The predicted molar refractivity (Wildman–Crippen MR) is 102 cm³/mol. The molecule has 0 spiro atoms. The van der Waals surface area contributed by atoms with Crippen LogP contribution in [-0.4, -0.2) is 39.2 Å². The highest BCUT2D eigenvalue weighted by molar-refractivity contribution is 5.79. The van der Waals surface area contributed by atoms with Gasteiger partial charge in [0, 0.05) is 13.6 Å². The van der Waals surface area contributed by atoms with Gasteiger partial charge in [-0.15, -0.1) is 0 Å². The van der Waals surface area contributed by atoms with Crippen molar-refractivity contribution >= 4 is 5.91 Å². The molecule has 140 valence electrons. The average molecular weight is 357 g/mol. The summed E-state index contributed by atoms with van der Waals surface area (Å²) in [6.07, 6.45) is 1.27. The van der Waals surface area contributed by atoms with E-state index in [1.165, 1.54) is 5.56 Å². The lowest BCUT2D eigenvalue weighted by molar-refractivity contribution is -0.129. The van der Waals surface area contributed by atoms with Crippen LogP contribution < -0.4 is 14.2 Å². The van der Waals surface area contributed by atoms with Crippen LogP contribution in [0, 0.1) is 0 Å². The number of likely N-dealkylation sites (N-methyl/N-ethyl adjacent to an activating group) is 1. The summed E-state index contributed by atoms with van der Waals surface area (Å²) in [5.41, 5.74) is 3.22. The first-order chi connectivity index (χ1) is 12.5. The highest BCUT2D eigenvalue weighted by Crippen LogP contribution is 2.38. The van der Waals surface area contributed by atoms with E-state index in [9.17, 15) is 4.79 Å². The second-order valence-electron chi connectivity index (χ2n) is 6.13. The van der Waals surface area contributed by atoms with Gasteiger partial charge in [-0.05, 0) is 35.2 Å². The van der Waals surface area contributed by atoms with E-state index >= 15 is 0 Å². The topological polar surface area (TPSA) is 48.0 Å². The zero-order valence-electron chi connectivity index (χ0n) is 16.2. The van der Waals surface area contributed by atoms with Crippen molar-refractivity contribution in [2.24, 2.45) is 0 Å². The number of rotatable bonds is 8. The van der Waals surface area contributed by atoms with Gasteiger partial charge in [0.15, 0.2) is 11.5 Å². The summed E-state index contributed by atoms with van der Waals surface area (Å²) in [6.45, 7) is 2.70. The fraction of sp³-hybridized carbons (Fsp3) is 0.381. The molecule has 0 heterocycles. The minimum atomic E-state index is 0.0267. The number of hydrogen-bond acceptors (Lipinski definition) is 4. The molecule has 0 saturated carbocycles. The van der Waals surface area contributed by atoms with E-state index < -0.39 is 0 Å². The highest BCUT2D eigenvalue weighted by atomic mass is 16.5. The number of amides is 1. The summed E-state index contributed by atoms with van der Waals surface area (Å²) in [5, 5.41) is 0. The fourth-order valence-corrected chi connectivity index (χ4v) is 2.79. The fourth-order valence-electron chi connectivity index (χ4n) is 2.79. The summed E-state index contributed by atoms with van der Waals surface area (Å²) < 4.78 is 16.0. The molecule has 1 amide bonds. The van der Waals surface area contributed by atoms with Crippen LogP contribution in [0.5, 0.6) is 17.2 Å². The van der Waals surface area contributed by atoms with Crippen LogP contribution in [0.3, 0.4) is 0 Å². The third-order valence-electron chi connectivity index (χ3n) is 4.36. The largest absolute Gasteiger partial charge is 0.493 e. The van der Waals surface area contributed by atoms with Gasteiger partial charge in [0.05, 0.1) is 27.8 Å². The number of carbonyl (C=O) groups excluding carboxylic acids is 1. The second-order valence-corrected chi connectivity index (χ2v) is 6.13. The van der Waals surface area contributed by atoms with Gasteiger partial charge in [-0.2, -0.15) is 0 Å². The Balaban J connectivity index is 2.10. The molecule has 0 aliphatic carbocycles. The van der Waals surface area contributed by atoms with Crippen molar-refractivity contribution in [3.63, 3.8) is 0 Å². The van der Waals surface area contributed by atoms with E-state index in [-0.39, 0.29) is 12.3 Å². The Morgan fingerprint density at radius 3 is 1.88 bits per heavy atom. The Morgan fingerprint density at radius 1 is 0.885 bits per heavy atom. The molecular weight excluding hydrogens is 330 g/mol. The Labute approximate surface area is 155 Å². The molecule has 0 aliphatic heterocycles. The average Bonchev–Trinajstić information content (AvgIpc) is 2.67. The second kappa shape index (κ2) is 9.13. The molecular formula is C21H27NO4. The molecule has 0 unspecified atom stereocenters.